The van der Waals surface area contributed by atoms with Crippen LogP contribution in [0.25, 0.3) is 27.9 Å². The summed E-state index contributed by atoms with van der Waals surface area (Å²) in [6.07, 6.45) is 10.2. The van der Waals surface area contributed by atoms with Crippen LogP contribution in [0.5, 0.6) is 0 Å². The first-order valence-electron chi connectivity index (χ1n) is 16.6. The molecule has 6 nitrogen and oxygen atoms in total. The second kappa shape index (κ2) is 8.94. The van der Waals surface area contributed by atoms with E-state index in [2.05, 4.69) is 93.3 Å². The number of piperidine rings is 1. The Balaban J connectivity index is 1.19. The summed E-state index contributed by atoms with van der Waals surface area (Å²) < 4.78 is 2.42. The molecule has 1 spiro atoms. The van der Waals surface area contributed by atoms with Crippen LogP contribution in [-0.2, 0) is 24.8 Å². The Morgan fingerprint density at radius 1 is 1.14 bits per heavy atom. The van der Waals surface area contributed by atoms with Crippen molar-refractivity contribution in [2.45, 2.75) is 62.8 Å². The number of hydrogen-bond donors (Lipinski definition) is 3. The summed E-state index contributed by atoms with van der Waals surface area (Å²) in [5, 5.41) is 24.1. The number of H-pyrrole nitrogens is 1. The molecule has 2 aromatic carbocycles. The molecule has 4 aromatic rings. The van der Waals surface area contributed by atoms with Gasteiger partial charge < -0.3 is 20.1 Å². The van der Waals surface area contributed by atoms with Gasteiger partial charge >= 0.3 is 0 Å². The molecule has 1 saturated carbocycles. The highest BCUT2D eigenvalue weighted by Crippen LogP contribution is 2.65. The lowest BCUT2D eigenvalue weighted by Gasteiger charge is -2.59. The second-order valence-electron chi connectivity index (χ2n) is 14.0. The molecule has 6 heteroatoms. The molecule has 1 aliphatic carbocycles. The predicted octanol–water partition coefficient (Wildman–Crippen LogP) is 4.73. The van der Waals surface area contributed by atoms with Crippen molar-refractivity contribution >= 4 is 22.2 Å². The molecule has 0 amide bonds. The van der Waals surface area contributed by atoms with E-state index in [0.717, 1.165) is 50.9 Å². The zero-order valence-corrected chi connectivity index (χ0v) is 25.2. The summed E-state index contributed by atoms with van der Waals surface area (Å²) in [6, 6.07) is 20.8. The van der Waals surface area contributed by atoms with Crippen molar-refractivity contribution < 1.29 is 14.8 Å². The van der Waals surface area contributed by atoms with Crippen molar-refractivity contribution in [2.75, 3.05) is 24.6 Å². The third-order valence-corrected chi connectivity index (χ3v) is 12.5. The Labute approximate surface area is 257 Å². The fourth-order valence-corrected chi connectivity index (χ4v) is 10.8. The molecule has 2 saturated heterocycles. The number of aryl methyl sites for hydroxylation is 3. The zero-order valence-electron chi connectivity index (χ0n) is 25.2. The number of aromatic amines is 1. The van der Waals surface area contributed by atoms with Crippen molar-refractivity contribution in [3.63, 3.8) is 0 Å². The number of nitrogens with zero attached hydrogens (tertiary/aromatic N) is 3. The predicted molar refractivity (Wildman–Crippen MR) is 172 cm³/mol. The lowest BCUT2D eigenvalue weighted by Crippen LogP contribution is -2.67. The van der Waals surface area contributed by atoms with Crippen LogP contribution in [-0.4, -0.2) is 58.0 Å². The van der Waals surface area contributed by atoms with Gasteiger partial charge in [-0.3, -0.25) is 4.90 Å². The molecule has 44 heavy (non-hydrogen) atoms. The van der Waals surface area contributed by atoms with Crippen LogP contribution in [0.3, 0.4) is 0 Å². The van der Waals surface area contributed by atoms with E-state index in [1.807, 2.05) is 6.08 Å². The summed E-state index contributed by atoms with van der Waals surface area (Å²) in [5.74, 6) is 0.321. The molecule has 5 aliphatic heterocycles. The van der Waals surface area contributed by atoms with Crippen LogP contribution in [0, 0.1) is 11.8 Å². The van der Waals surface area contributed by atoms with Gasteiger partial charge in [0, 0.05) is 70.3 Å². The minimum absolute atomic E-state index is 0.0318. The first-order valence-corrected chi connectivity index (χ1v) is 16.6. The maximum Gasteiger partial charge on any atom is 0.229 e. The van der Waals surface area contributed by atoms with Gasteiger partial charge in [0.1, 0.15) is 5.69 Å². The highest BCUT2D eigenvalue weighted by atomic mass is 16.3. The van der Waals surface area contributed by atoms with Gasteiger partial charge in [0.2, 0.25) is 5.69 Å². The van der Waals surface area contributed by atoms with Gasteiger partial charge in [-0.1, -0.05) is 55.0 Å². The summed E-state index contributed by atoms with van der Waals surface area (Å²) in [5.41, 5.74) is 12.6. The van der Waals surface area contributed by atoms with Crippen molar-refractivity contribution in [3.8, 4) is 11.4 Å². The number of pyridine rings is 1. The third kappa shape index (κ3) is 3.04. The number of rotatable bonds is 3. The van der Waals surface area contributed by atoms with Crippen molar-refractivity contribution in [1.29, 1.82) is 0 Å². The molecule has 0 radical (unpaired) electrons. The van der Waals surface area contributed by atoms with Gasteiger partial charge in [0.05, 0.1) is 18.8 Å². The number of anilines is 1. The highest BCUT2D eigenvalue weighted by Gasteiger charge is 2.69. The maximum atomic E-state index is 12.7. The van der Waals surface area contributed by atoms with Crippen molar-refractivity contribution in [1.82, 2.24) is 9.88 Å². The number of aliphatic hydroxyl groups excluding tert-OH is 2. The molecule has 2 bridgehead atoms. The average Bonchev–Trinajstić information content (AvgIpc) is 3.73. The Kier molecular flexibility index (Phi) is 5.20. The van der Waals surface area contributed by atoms with Crippen molar-refractivity contribution in [2.24, 2.45) is 11.8 Å². The van der Waals surface area contributed by atoms with Crippen LogP contribution in [0.1, 0.15) is 42.0 Å². The minimum Gasteiger partial charge on any atom is -0.392 e. The van der Waals surface area contributed by atoms with E-state index >= 15 is 0 Å². The fraction of sp³-hybridized carbons (Fsp3) is 0.395. The number of aromatic nitrogens is 2. The molecular weight excluding hydrogens is 544 g/mol. The molecular formula is C38H39N4O2+. The van der Waals surface area contributed by atoms with E-state index < -0.39 is 6.10 Å². The van der Waals surface area contributed by atoms with Crippen LogP contribution < -0.4 is 9.47 Å². The monoisotopic (exact) mass is 583 g/mol. The Hall–Kier alpha value is -3.71. The number of fused-ring (bicyclic) bond motifs is 9. The zero-order chi connectivity index (χ0) is 29.3. The standard InChI is InChI=1S/C38H38N4O2/c1-2-22-19-40-14-11-25-24-7-3-5-9-30(24)39-35(25)32(40)17-26(22)28-21-42-31-10-6-4-8-29(31)38-13-15-41-20-23(12-16-43)27(18-33(38)41)34(36(28)44)37(38)42/h3-10,12,17,19,21,27,33-34,36-37,43-44H,2,11,13-16,18,20H2,1H3/p+1/b23-12-/t27-,33-,34-,36+,37-,38+/m0/s1. The molecule has 6 atom stereocenters. The van der Waals surface area contributed by atoms with E-state index in [1.54, 1.807) is 0 Å². The van der Waals surface area contributed by atoms with Gasteiger partial charge in [-0.25, -0.2) is 0 Å². The SMILES string of the molecule is CCc1c[n+]2c(cc1C1=CN3c4ccccc4[C@]45CCN6C/C(=C/CO)[C@H](C[C@H]64)[C@@H]([C@@H]1O)[C@H]35)-c1[nH]c3ccccc3c1CC2. The second-order valence-corrected chi connectivity index (χ2v) is 14.0. The first kappa shape index (κ1) is 25.6. The van der Waals surface area contributed by atoms with Gasteiger partial charge in [0.25, 0.3) is 0 Å². The third-order valence-electron chi connectivity index (χ3n) is 12.5. The van der Waals surface area contributed by atoms with E-state index in [9.17, 15) is 10.2 Å². The molecule has 2 aromatic heterocycles. The largest absolute Gasteiger partial charge is 0.392 e. The maximum absolute atomic E-state index is 12.7. The van der Waals surface area contributed by atoms with E-state index in [-0.39, 0.29) is 29.9 Å². The number of nitrogens with one attached hydrogen (secondary N) is 1. The van der Waals surface area contributed by atoms with E-state index in [1.165, 1.54) is 55.8 Å². The summed E-state index contributed by atoms with van der Waals surface area (Å²) in [6.45, 7) is 5.25. The van der Waals surface area contributed by atoms with Gasteiger partial charge in [-0.2, -0.15) is 4.57 Å². The number of para-hydroxylation sites is 2. The Morgan fingerprint density at radius 3 is 2.89 bits per heavy atom. The fourth-order valence-electron chi connectivity index (χ4n) is 10.8. The van der Waals surface area contributed by atoms with Crippen LogP contribution in [0.4, 0.5) is 5.69 Å². The number of hydrogen-bond acceptors (Lipinski definition) is 4. The summed E-state index contributed by atoms with van der Waals surface area (Å²) in [7, 11) is 0. The van der Waals surface area contributed by atoms with Crippen LogP contribution in [0.2, 0.25) is 0 Å². The summed E-state index contributed by atoms with van der Waals surface area (Å²) >= 11 is 0. The minimum atomic E-state index is -0.582. The molecule has 0 unspecified atom stereocenters. The molecule has 7 heterocycles. The number of benzene rings is 2. The van der Waals surface area contributed by atoms with E-state index in [4.69, 9.17) is 0 Å². The quantitative estimate of drug-likeness (QED) is 0.241. The topological polar surface area (TPSA) is 66.6 Å². The van der Waals surface area contributed by atoms with Gasteiger partial charge in [-0.05, 0) is 60.5 Å². The smallest absolute Gasteiger partial charge is 0.229 e. The van der Waals surface area contributed by atoms with Crippen molar-refractivity contribution in [3.05, 3.63) is 101 Å². The molecule has 6 aliphatic rings. The average molecular weight is 584 g/mol. The summed E-state index contributed by atoms with van der Waals surface area (Å²) in [4.78, 5) is 9.00. The van der Waals surface area contributed by atoms with Crippen LogP contribution >= 0.6 is 0 Å². The van der Waals surface area contributed by atoms with Crippen LogP contribution in [0.15, 0.2) is 78.6 Å². The van der Waals surface area contributed by atoms with Gasteiger partial charge in [0.15, 0.2) is 12.7 Å². The molecule has 3 N–H and O–H groups in total. The van der Waals surface area contributed by atoms with E-state index in [0.29, 0.717) is 6.04 Å². The number of aliphatic hydroxyl groups is 2. The van der Waals surface area contributed by atoms with Gasteiger partial charge in [-0.15, -0.1) is 0 Å². The Bertz CT molecular complexity index is 1940. The lowest BCUT2D eigenvalue weighted by atomic mass is 9.53. The normalized spacial score (nSPS) is 32.0. The highest BCUT2D eigenvalue weighted by molar-refractivity contribution is 5.91. The molecule has 10 rings (SSSR count). The Morgan fingerprint density at radius 2 is 2.00 bits per heavy atom. The first-order chi connectivity index (χ1) is 21.6. The lowest BCUT2D eigenvalue weighted by molar-refractivity contribution is -0.688. The molecule has 222 valence electrons. The molecule has 3 fully saturated rings.